The standard InChI is InChI=1S/C17H18N2O2S/c20-17(21-12-13-6-2-1-3-7-13)19-11-5-9-15(19)14-8-4-10-18-16(14)22/h1-4,6-8,10,15H,5,9,11-12H2,(H,18,22)/t15-/m0/s1. The Kier molecular flexibility index (Phi) is 4.53. The molecule has 1 amide bonds. The molecule has 1 N–H and O–H groups in total. The molecule has 22 heavy (non-hydrogen) atoms. The van der Waals surface area contributed by atoms with Crippen molar-refractivity contribution in [3.05, 3.63) is 64.4 Å². The summed E-state index contributed by atoms with van der Waals surface area (Å²) in [5, 5.41) is 0. The first-order valence-corrected chi connectivity index (χ1v) is 7.81. The summed E-state index contributed by atoms with van der Waals surface area (Å²) < 4.78 is 6.14. The zero-order valence-corrected chi connectivity index (χ0v) is 13.0. The summed E-state index contributed by atoms with van der Waals surface area (Å²) in [6.45, 7) is 1.01. The molecule has 0 radical (unpaired) electrons. The van der Waals surface area contributed by atoms with Crippen LogP contribution in [-0.4, -0.2) is 22.5 Å². The van der Waals surface area contributed by atoms with Crippen LogP contribution < -0.4 is 0 Å². The van der Waals surface area contributed by atoms with E-state index in [4.69, 9.17) is 17.0 Å². The number of ether oxygens (including phenoxy) is 1. The molecule has 4 nitrogen and oxygen atoms in total. The van der Waals surface area contributed by atoms with E-state index in [1.54, 1.807) is 11.1 Å². The number of nitrogens with one attached hydrogen (secondary N) is 1. The van der Waals surface area contributed by atoms with Crippen molar-refractivity contribution in [2.45, 2.75) is 25.5 Å². The van der Waals surface area contributed by atoms with Crippen LogP contribution in [0.3, 0.4) is 0 Å². The SMILES string of the molecule is O=C(OCc1ccccc1)N1CCC[C@H]1c1ccc[nH]c1=S. The van der Waals surface area contributed by atoms with E-state index in [1.165, 1.54) is 0 Å². The molecule has 0 aliphatic carbocycles. The molecule has 1 fully saturated rings. The number of amides is 1. The van der Waals surface area contributed by atoms with E-state index >= 15 is 0 Å². The Bertz CT molecular complexity index is 699. The monoisotopic (exact) mass is 314 g/mol. The maximum Gasteiger partial charge on any atom is 0.410 e. The lowest BCUT2D eigenvalue weighted by Gasteiger charge is -2.24. The molecule has 0 saturated carbocycles. The fourth-order valence-electron chi connectivity index (χ4n) is 2.81. The Morgan fingerprint density at radius 3 is 2.86 bits per heavy atom. The maximum atomic E-state index is 12.4. The minimum absolute atomic E-state index is 0.00761. The Hall–Kier alpha value is -2.14. The molecule has 1 aliphatic rings. The minimum atomic E-state index is -0.274. The fraction of sp³-hybridized carbons (Fsp3) is 0.294. The van der Waals surface area contributed by atoms with E-state index in [2.05, 4.69) is 4.98 Å². The van der Waals surface area contributed by atoms with E-state index < -0.39 is 0 Å². The zero-order chi connectivity index (χ0) is 15.4. The second-order valence-corrected chi connectivity index (χ2v) is 5.75. The second kappa shape index (κ2) is 6.75. The lowest BCUT2D eigenvalue weighted by molar-refractivity contribution is 0.0920. The van der Waals surface area contributed by atoms with Crippen LogP contribution in [0.1, 0.15) is 30.0 Å². The summed E-state index contributed by atoms with van der Waals surface area (Å²) in [4.78, 5) is 17.2. The number of aromatic nitrogens is 1. The van der Waals surface area contributed by atoms with Gasteiger partial charge in [-0.1, -0.05) is 48.6 Å². The first-order chi connectivity index (χ1) is 10.8. The Morgan fingerprint density at radius 2 is 2.09 bits per heavy atom. The van der Waals surface area contributed by atoms with Crippen molar-refractivity contribution in [2.24, 2.45) is 0 Å². The van der Waals surface area contributed by atoms with Gasteiger partial charge in [-0.2, -0.15) is 0 Å². The average molecular weight is 314 g/mol. The van der Waals surface area contributed by atoms with Crippen LogP contribution in [0.5, 0.6) is 0 Å². The summed E-state index contributed by atoms with van der Waals surface area (Å²) in [5.74, 6) is 0. The Labute approximate surface area is 134 Å². The van der Waals surface area contributed by atoms with Crippen LogP contribution in [0.25, 0.3) is 0 Å². The lowest BCUT2D eigenvalue weighted by atomic mass is 10.1. The van der Waals surface area contributed by atoms with Crippen LogP contribution in [-0.2, 0) is 11.3 Å². The van der Waals surface area contributed by atoms with Gasteiger partial charge in [0.05, 0.1) is 6.04 Å². The van der Waals surface area contributed by atoms with Gasteiger partial charge < -0.3 is 14.6 Å². The molecule has 2 heterocycles. The third-order valence-corrected chi connectivity index (χ3v) is 4.25. The zero-order valence-electron chi connectivity index (χ0n) is 12.2. The molecule has 114 valence electrons. The quantitative estimate of drug-likeness (QED) is 0.863. The average Bonchev–Trinajstić information content (AvgIpc) is 3.03. The number of hydrogen-bond acceptors (Lipinski definition) is 3. The van der Waals surface area contributed by atoms with Gasteiger partial charge in [0.2, 0.25) is 0 Å². The predicted octanol–water partition coefficient (Wildman–Crippen LogP) is 4.22. The fourth-order valence-corrected chi connectivity index (χ4v) is 3.08. The van der Waals surface area contributed by atoms with E-state index in [9.17, 15) is 4.79 Å². The molecule has 3 rings (SSSR count). The van der Waals surface area contributed by atoms with Gasteiger partial charge in [-0.3, -0.25) is 0 Å². The molecule has 2 aromatic rings. The summed E-state index contributed by atoms with van der Waals surface area (Å²) in [6.07, 6.45) is 3.42. The van der Waals surface area contributed by atoms with Crippen LogP contribution in [0.4, 0.5) is 4.79 Å². The molecular formula is C17H18N2O2S. The van der Waals surface area contributed by atoms with Crippen LogP contribution >= 0.6 is 12.2 Å². The lowest BCUT2D eigenvalue weighted by Crippen LogP contribution is -2.31. The molecule has 1 aromatic carbocycles. The van der Waals surface area contributed by atoms with Crippen LogP contribution in [0, 0.1) is 4.64 Å². The molecule has 1 atom stereocenters. The normalized spacial score (nSPS) is 17.5. The predicted molar refractivity (Wildman–Crippen MR) is 86.9 cm³/mol. The molecule has 1 aliphatic heterocycles. The number of likely N-dealkylation sites (tertiary alicyclic amines) is 1. The third kappa shape index (κ3) is 3.20. The number of pyridine rings is 1. The molecule has 0 spiro atoms. The van der Waals surface area contributed by atoms with Crippen molar-refractivity contribution in [3.8, 4) is 0 Å². The number of rotatable bonds is 3. The Morgan fingerprint density at radius 1 is 1.27 bits per heavy atom. The van der Waals surface area contributed by atoms with Crippen LogP contribution in [0.2, 0.25) is 0 Å². The van der Waals surface area contributed by atoms with Gasteiger partial charge in [-0.15, -0.1) is 0 Å². The van der Waals surface area contributed by atoms with E-state index in [0.29, 0.717) is 17.8 Å². The first kappa shape index (κ1) is 14.8. The van der Waals surface area contributed by atoms with Crippen molar-refractivity contribution in [1.82, 2.24) is 9.88 Å². The van der Waals surface area contributed by atoms with Crippen molar-refractivity contribution < 1.29 is 9.53 Å². The van der Waals surface area contributed by atoms with Gasteiger partial charge in [0.15, 0.2) is 0 Å². The van der Waals surface area contributed by atoms with Crippen molar-refractivity contribution in [3.63, 3.8) is 0 Å². The summed E-state index contributed by atoms with van der Waals surface area (Å²) >= 11 is 5.33. The van der Waals surface area contributed by atoms with Gasteiger partial charge in [0, 0.05) is 18.3 Å². The van der Waals surface area contributed by atoms with E-state index in [-0.39, 0.29) is 12.1 Å². The number of carbonyl (C=O) groups is 1. The third-order valence-electron chi connectivity index (χ3n) is 3.90. The summed E-state index contributed by atoms with van der Waals surface area (Å²) in [6, 6.07) is 13.6. The van der Waals surface area contributed by atoms with Gasteiger partial charge in [0.1, 0.15) is 11.2 Å². The van der Waals surface area contributed by atoms with E-state index in [0.717, 1.165) is 24.0 Å². The maximum absolute atomic E-state index is 12.4. The number of H-pyrrole nitrogens is 1. The van der Waals surface area contributed by atoms with E-state index in [1.807, 2.05) is 42.5 Å². The smallest absolute Gasteiger partial charge is 0.410 e. The number of nitrogens with zero attached hydrogens (tertiary/aromatic N) is 1. The number of aromatic amines is 1. The van der Waals surface area contributed by atoms with Crippen LogP contribution in [0.15, 0.2) is 48.7 Å². The van der Waals surface area contributed by atoms with Crippen molar-refractivity contribution in [2.75, 3.05) is 6.54 Å². The topological polar surface area (TPSA) is 45.3 Å². The highest BCUT2D eigenvalue weighted by molar-refractivity contribution is 7.71. The molecule has 1 saturated heterocycles. The van der Waals surface area contributed by atoms with Gasteiger partial charge in [0.25, 0.3) is 0 Å². The molecular weight excluding hydrogens is 296 g/mol. The first-order valence-electron chi connectivity index (χ1n) is 7.40. The van der Waals surface area contributed by atoms with Gasteiger partial charge in [-0.25, -0.2) is 4.79 Å². The Balaban J connectivity index is 1.69. The highest BCUT2D eigenvalue weighted by Crippen LogP contribution is 2.32. The largest absolute Gasteiger partial charge is 0.445 e. The van der Waals surface area contributed by atoms with Gasteiger partial charge >= 0.3 is 6.09 Å². The number of carbonyl (C=O) groups excluding carboxylic acids is 1. The summed E-state index contributed by atoms with van der Waals surface area (Å²) in [5.41, 5.74) is 1.98. The summed E-state index contributed by atoms with van der Waals surface area (Å²) in [7, 11) is 0. The minimum Gasteiger partial charge on any atom is -0.445 e. The highest BCUT2D eigenvalue weighted by atomic mass is 32.1. The van der Waals surface area contributed by atoms with Gasteiger partial charge in [-0.05, 0) is 24.5 Å². The van der Waals surface area contributed by atoms with Crippen molar-refractivity contribution >= 4 is 18.3 Å². The number of benzene rings is 1. The number of hydrogen-bond donors (Lipinski definition) is 1. The second-order valence-electron chi connectivity index (χ2n) is 5.35. The molecule has 0 bridgehead atoms. The molecule has 5 heteroatoms. The molecule has 0 unspecified atom stereocenters. The molecule has 1 aromatic heterocycles. The highest BCUT2D eigenvalue weighted by Gasteiger charge is 2.31. The van der Waals surface area contributed by atoms with Crippen molar-refractivity contribution in [1.29, 1.82) is 0 Å².